The van der Waals surface area contributed by atoms with Gasteiger partial charge in [-0.1, -0.05) is 170 Å². The SMILES string of the molecule is [2H]c1c([2H])c([2H])c2c(c1[2H])c1c([2H])c([2H])c([2H])c([2H])c1n2-c1ccc(-c2ccc(-c3nc(-c4ccccc4)nc(-c4ccccc4)n3)cc2C2(C)c3ccccc3-c3ccccc32)cc1. The molecule has 57 heavy (non-hydrogen) atoms. The minimum atomic E-state index is -0.645. The van der Waals surface area contributed by atoms with Crippen molar-refractivity contribution in [1.29, 1.82) is 0 Å². The third-order valence-corrected chi connectivity index (χ3v) is 11.2. The first-order valence-corrected chi connectivity index (χ1v) is 18.8. The summed E-state index contributed by atoms with van der Waals surface area (Å²) < 4.78 is 71.4. The van der Waals surface area contributed by atoms with Crippen LogP contribution in [0.1, 0.15) is 34.6 Å². The van der Waals surface area contributed by atoms with Gasteiger partial charge in [-0.3, -0.25) is 0 Å². The molecule has 10 aromatic rings. The Bertz CT molecular complexity index is 3410. The number of benzene rings is 8. The normalized spacial score (nSPS) is 14.8. The molecule has 0 unspecified atom stereocenters. The molecule has 0 bridgehead atoms. The molecule has 1 aliphatic carbocycles. The van der Waals surface area contributed by atoms with E-state index in [-0.39, 0.29) is 46.0 Å². The van der Waals surface area contributed by atoms with Crippen LogP contribution in [0.15, 0.2) is 200 Å². The van der Waals surface area contributed by atoms with Crippen LogP contribution >= 0.6 is 0 Å². The van der Waals surface area contributed by atoms with Gasteiger partial charge in [0.25, 0.3) is 0 Å². The molecule has 268 valence electrons. The topological polar surface area (TPSA) is 43.6 Å². The molecule has 4 heteroatoms. The molecule has 0 spiro atoms. The van der Waals surface area contributed by atoms with Crippen molar-refractivity contribution in [2.45, 2.75) is 12.3 Å². The number of hydrogen-bond acceptors (Lipinski definition) is 3. The van der Waals surface area contributed by atoms with Gasteiger partial charge in [0, 0.05) is 38.6 Å². The second-order valence-corrected chi connectivity index (χ2v) is 14.3. The van der Waals surface area contributed by atoms with E-state index in [0.717, 1.165) is 55.6 Å². The van der Waals surface area contributed by atoms with Crippen molar-refractivity contribution in [3.63, 3.8) is 0 Å². The molecule has 2 aromatic heterocycles. The van der Waals surface area contributed by atoms with Crippen LogP contribution in [0.4, 0.5) is 0 Å². The number of rotatable bonds is 6. The van der Waals surface area contributed by atoms with Gasteiger partial charge in [-0.15, -0.1) is 0 Å². The maximum absolute atomic E-state index is 9.01. The van der Waals surface area contributed by atoms with E-state index >= 15 is 0 Å². The number of hydrogen-bond donors (Lipinski definition) is 0. The molecule has 0 amide bonds. The van der Waals surface area contributed by atoms with Crippen LogP contribution in [0.2, 0.25) is 0 Å². The van der Waals surface area contributed by atoms with Crippen molar-refractivity contribution >= 4 is 21.8 Å². The van der Waals surface area contributed by atoms with Gasteiger partial charge in [0.05, 0.1) is 22.0 Å². The van der Waals surface area contributed by atoms with Crippen LogP contribution in [0.25, 0.3) is 83.9 Å². The number of nitrogens with zero attached hydrogens (tertiary/aromatic N) is 4. The highest BCUT2D eigenvalue weighted by Crippen LogP contribution is 2.54. The van der Waals surface area contributed by atoms with Crippen LogP contribution in [0.5, 0.6) is 0 Å². The minimum absolute atomic E-state index is 0.0376. The summed E-state index contributed by atoms with van der Waals surface area (Å²) in [5.74, 6) is 1.63. The zero-order valence-electron chi connectivity index (χ0n) is 38.7. The predicted octanol–water partition coefficient (Wildman–Crippen LogP) is 13.0. The number of aromatic nitrogens is 4. The summed E-state index contributed by atoms with van der Waals surface area (Å²) in [5, 5.41) is 0.0752. The van der Waals surface area contributed by atoms with Crippen LogP contribution in [0, 0.1) is 0 Å². The molecular formula is C53H36N4. The van der Waals surface area contributed by atoms with Crippen molar-refractivity contribution in [2.75, 3.05) is 0 Å². The standard InChI is InChI=1S/C53H36N4/c1-53(45-24-12-8-20-41(45)42-21-9-13-25-46(42)53)47-34-38(52-55-50(36-16-4-2-5-17-36)54-51(56-52)37-18-6-3-7-19-37)30-33-40(47)35-28-31-39(32-29-35)57-48-26-14-10-22-43(48)44-23-11-15-27-49(44)57/h2-34H,1H3/i10D,11D,14D,15D,22D,23D,26D,27D. The van der Waals surface area contributed by atoms with E-state index in [2.05, 4.69) is 67.6 Å². The van der Waals surface area contributed by atoms with Gasteiger partial charge in [-0.05, 0) is 76.2 Å². The molecule has 0 fully saturated rings. The Morgan fingerprint density at radius 3 is 1.42 bits per heavy atom. The fourth-order valence-electron chi connectivity index (χ4n) is 8.50. The van der Waals surface area contributed by atoms with Crippen LogP contribution < -0.4 is 0 Å². The minimum Gasteiger partial charge on any atom is -0.309 e. The van der Waals surface area contributed by atoms with Gasteiger partial charge in [0.2, 0.25) is 0 Å². The molecular weight excluding hydrogens is 693 g/mol. The predicted molar refractivity (Wildman–Crippen MR) is 233 cm³/mol. The van der Waals surface area contributed by atoms with Gasteiger partial charge in [0.15, 0.2) is 17.5 Å². The highest BCUT2D eigenvalue weighted by molar-refractivity contribution is 6.09. The van der Waals surface area contributed by atoms with Crippen molar-refractivity contribution in [2.24, 2.45) is 0 Å². The highest BCUT2D eigenvalue weighted by atomic mass is 15.0. The average Bonchev–Trinajstić information content (AvgIpc) is 3.85. The first-order chi connectivity index (χ1) is 31.5. The lowest BCUT2D eigenvalue weighted by Crippen LogP contribution is -2.23. The third-order valence-electron chi connectivity index (χ3n) is 11.2. The highest BCUT2D eigenvalue weighted by Gasteiger charge is 2.42. The second kappa shape index (κ2) is 13.1. The van der Waals surface area contributed by atoms with E-state index in [4.69, 9.17) is 25.9 Å². The lowest BCUT2D eigenvalue weighted by molar-refractivity contribution is 0.716. The van der Waals surface area contributed by atoms with Crippen LogP contribution in [0.3, 0.4) is 0 Å². The molecule has 1 aliphatic rings. The summed E-state index contributed by atoms with van der Waals surface area (Å²) >= 11 is 0. The third kappa shape index (κ3) is 5.26. The van der Waals surface area contributed by atoms with Crippen molar-refractivity contribution in [3.05, 3.63) is 217 Å². The molecule has 2 heterocycles. The van der Waals surface area contributed by atoms with Gasteiger partial charge >= 0.3 is 0 Å². The van der Waals surface area contributed by atoms with Crippen molar-refractivity contribution in [3.8, 4) is 62.1 Å². The summed E-state index contributed by atoms with van der Waals surface area (Å²) in [5.41, 5.74) is 9.89. The van der Waals surface area contributed by atoms with Crippen molar-refractivity contribution < 1.29 is 11.0 Å². The summed E-state index contributed by atoms with van der Waals surface area (Å²) in [4.78, 5) is 15.1. The van der Waals surface area contributed by atoms with Crippen molar-refractivity contribution in [1.82, 2.24) is 19.5 Å². The summed E-state index contributed by atoms with van der Waals surface area (Å²) in [6.45, 7) is 2.26. The summed E-state index contributed by atoms with van der Waals surface area (Å²) in [6.07, 6.45) is 0. The monoisotopic (exact) mass is 736 g/mol. The molecule has 0 N–H and O–H groups in total. The van der Waals surface area contributed by atoms with Crippen LogP contribution in [-0.2, 0) is 5.41 Å². The molecule has 0 saturated carbocycles. The Morgan fingerprint density at radius 2 is 0.877 bits per heavy atom. The first kappa shape index (κ1) is 25.6. The van der Waals surface area contributed by atoms with Gasteiger partial charge < -0.3 is 4.57 Å². The Balaban J connectivity index is 1.15. The van der Waals surface area contributed by atoms with E-state index < -0.39 is 29.6 Å². The van der Waals surface area contributed by atoms with E-state index in [0.29, 0.717) is 23.2 Å². The number of fused-ring (bicyclic) bond motifs is 6. The molecule has 0 aliphatic heterocycles. The second-order valence-electron chi connectivity index (χ2n) is 14.3. The van der Waals surface area contributed by atoms with Crippen LogP contribution in [-0.4, -0.2) is 19.5 Å². The Kier molecular flexibility index (Phi) is 5.89. The first-order valence-electron chi connectivity index (χ1n) is 22.8. The molecule has 0 radical (unpaired) electrons. The van der Waals surface area contributed by atoms with Gasteiger partial charge in [-0.25, -0.2) is 15.0 Å². The molecule has 0 saturated heterocycles. The van der Waals surface area contributed by atoms with E-state index in [1.54, 1.807) is 0 Å². The maximum atomic E-state index is 9.01. The largest absolute Gasteiger partial charge is 0.309 e. The summed E-state index contributed by atoms with van der Waals surface area (Å²) in [7, 11) is 0. The quantitative estimate of drug-likeness (QED) is 0.171. The fourth-order valence-corrected chi connectivity index (χ4v) is 8.50. The fraction of sp³-hybridized carbons (Fsp3) is 0.0377. The van der Waals surface area contributed by atoms with E-state index in [1.165, 1.54) is 4.57 Å². The molecule has 8 aromatic carbocycles. The molecule has 4 nitrogen and oxygen atoms in total. The summed E-state index contributed by atoms with van der Waals surface area (Å²) in [6, 6.07) is 47.3. The van der Waals surface area contributed by atoms with E-state index in [1.807, 2.05) is 91.0 Å². The Labute approximate surface area is 342 Å². The van der Waals surface area contributed by atoms with Gasteiger partial charge in [-0.2, -0.15) is 0 Å². The Hall–Kier alpha value is -7.43. The average molecular weight is 737 g/mol. The maximum Gasteiger partial charge on any atom is 0.164 e. The number of para-hydroxylation sites is 2. The zero-order chi connectivity index (χ0) is 44.9. The molecule has 11 rings (SSSR count). The van der Waals surface area contributed by atoms with E-state index in [9.17, 15) is 0 Å². The zero-order valence-corrected chi connectivity index (χ0v) is 30.7. The molecule has 0 atom stereocenters. The lowest BCUT2D eigenvalue weighted by atomic mass is 9.71. The van der Waals surface area contributed by atoms with Gasteiger partial charge in [0.1, 0.15) is 0 Å². The smallest absolute Gasteiger partial charge is 0.164 e. The Morgan fingerprint density at radius 1 is 0.421 bits per heavy atom. The lowest BCUT2D eigenvalue weighted by Gasteiger charge is -2.31.